The molecule has 0 fully saturated rings. The monoisotopic (exact) mass is 496 g/mol. The Morgan fingerprint density at radius 2 is 1.42 bits per heavy atom. The number of hydrogen-bond donors (Lipinski definition) is 2. The van der Waals surface area contributed by atoms with E-state index in [1.807, 2.05) is 0 Å². The number of ether oxygens (including phenoxy) is 1. The molecule has 31 heavy (non-hydrogen) atoms. The minimum Gasteiger partial charge on any atom is -0.479 e. The number of nitrogens with one attached hydrogen (secondary N) is 2. The van der Waals surface area contributed by atoms with Crippen molar-refractivity contribution in [2.75, 3.05) is 10.6 Å². The lowest BCUT2D eigenvalue weighted by Crippen LogP contribution is -2.30. The first-order valence-electron chi connectivity index (χ1n) is 9.02. The van der Waals surface area contributed by atoms with Gasteiger partial charge in [0.25, 0.3) is 11.8 Å². The topological polar surface area (TPSA) is 67.4 Å². The lowest BCUT2D eigenvalue weighted by atomic mass is 10.2. The zero-order chi connectivity index (χ0) is 22.5. The van der Waals surface area contributed by atoms with Gasteiger partial charge < -0.3 is 15.4 Å². The molecule has 0 heterocycles. The van der Waals surface area contributed by atoms with Crippen molar-refractivity contribution in [3.8, 4) is 5.75 Å². The van der Waals surface area contributed by atoms with Gasteiger partial charge in [-0.3, -0.25) is 9.59 Å². The summed E-state index contributed by atoms with van der Waals surface area (Å²) in [6.45, 7) is 1.59. The highest BCUT2D eigenvalue weighted by Crippen LogP contribution is 2.28. The van der Waals surface area contributed by atoms with Crippen molar-refractivity contribution < 1.29 is 14.3 Å². The molecule has 0 spiro atoms. The van der Waals surface area contributed by atoms with Crippen LogP contribution in [0.25, 0.3) is 0 Å². The van der Waals surface area contributed by atoms with Gasteiger partial charge in [0, 0.05) is 21.4 Å². The quantitative estimate of drug-likeness (QED) is 0.386. The first-order chi connectivity index (χ1) is 14.7. The van der Waals surface area contributed by atoms with Crippen molar-refractivity contribution in [1.82, 2.24) is 0 Å². The summed E-state index contributed by atoms with van der Waals surface area (Å²) in [6, 6.07) is 16.0. The Morgan fingerprint density at radius 1 is 0.806 bits per heavy atom. The van der Waals surface area contributed by atoms with Crippen molar-refractivity contribution in [3.05, 3.63) is 86.3 Å². The van der Waals surface area contributed by atoms with Crippen LogP contribution in [0, 0.1) is 0 Å². The molecule has 0 aliphatic carbocycles. The minimum atomic E-state index is -0.829. The SMILES string of the molecule is C[C@@H](Oc1ccc(Cl)cc1Cl)C(=O)Nc1cccc(NC(=O)c2ccc(Cl)cc2Cl)c1. The second-order valence-corrected chi connectivity index (χ2v) is 8.17. The third-order valence-corrected chi connectivity index (χ3v) is 5.21. The van der Waals surface area contributed by atoms with E-state index in [1.54, 1.807) is 49.4 Å². The predicted octanol–water partition coefficient (Wildman–Crippen LogP) is 6.96. The van der Waals surface area contributed by atoms with Crippen LogP contribution in [0.2, 0.25) is 20.1 Å². The van der Waals surface area contributed by atoms with Gasteiger partial charge in [-0.2, -0.15) is 0 Å². The Morgan fingerprint density at radius 3 is 2.06 bits per heavy atom. The highest BCUT2D eigenvalue weighted by atomic mass is 35.5. The molecule has 0 aliphatic heterocycles. The van der Waals surface area contributed by atoms with E-state index in [1.165, 1.54) is 18.2 Å². The van der Waals surface area contributed by atoms with Crippen molar-refractivity contribution in [2.45, 2.75) is 13.0 Å². The first-order valence-corrected chi connectivity index (χ1v) is 10.5. The fourth-order valence-electron chi connectivity index (χ4n) is 2.61. The van der Waals surface area contributed by atoms with Crippen LogP contribution in [-0.2, 0) is 4.79 Å². The Bertz CT molecular complexity index is 1140. The van der Waals surface area contributed by atoms with E-state index >= 15 is 0 Å². The van der Waals surface area contributed by atoms with Crippen molar-refractivity contribution in [1.29, 1.82) is 0 Å². The molecule has 5 nitrogen and oxygen atoms in total. The van der Waals surface area contributed by atoms with E-state index in [2.05, 4.69) is 10.6 Å². The summed E-state index contributed by atoms with van der Waals surface area (Å²) in [6.07, 6.45) is -0.829. The third kappa shape index (κ3) is 6.28. The summed E-state index contributed by atoms with van der Waals surface area (Å²) >= 11 is 23.9. The molecular formula is C22H16Cl4N2O3. The fourth-order valence-corrected chi connectivity index (χ4v) is 3.55. The number of rotatable bonds is 6. The predicted molar refractivity (Wildman–Crippen MR) is 126 cm³/mol. The zero-order valence-corrected chi connectivity index (χ0v) is 19.1. The van der Waals surface area contributed by atoms with Gasteiger partial charge in [-0.1, -0.05) is 52.5 Å². The molecule has 1 atom stereocenters. The number of carbonyl (C=O) groups excluding carboxylic acids is 2. The van der Waals surface area contributed by atoms with E-state index in [-0.39, 0.29) is 10.6 Å². The van der Waals surface area contributed by atoms with Gasteiger partial charge in [0.15, 0.2) is 6.10 Å². The summed E-state index contributed by atoms with van der Waals surface area (Å²) < 4.78 is 5.61. The highest BCUT2D eigenvalue weighted by molar-refractivity contribution is 6.37. The maximum atomic E-state index is 12.5. The minimum absolute atomic E-state index is 0.237. The van der Waals surface area contributed by atoms with E-state index < -0.39 is 17.9 Å². The lowest BCUT2D eigenvalue weighted by Gasteiger charge is -2.16. The van der Waals surface area contributed by atoms with Gasteiger partial charge in [-0.15, -0.1) is 0 Å². The summed E-state index contributed by atoms with van der Waals surface area (Å²) in [7, 11) is 0. The molecular weight excluding hydrogens is 482 g/mol. The number of benzene rings is 3. The molecule has 3 aromatic rings. The number of amides is 2. The van der Waals surface area contributed by atoms with E-state index in [0.717, 1.165) is 0 Å². The molecule has 0 aromatic heterocycles. The van der Waals surface area contributed by atoms with Crippen LogP contribution in [-0.4, -0.2) is 17.9 Å². The van der Waals surface area contributed by atoms with Gasteiger partial charge in [-0.25, -0.2) is 0 Å². The Labute approximate surface area is 199 Å². The second-order valence-electron chi connectivity index (χ2n) is 6.48. The maximum absolute atomic E-state index is 12.5. The third-order valence-electron chi connectivity index (χ3n) is 4.13. The summed E-state index contributed by atoms with van der Waals surface area (Å²) in [5.41, 5.74) is 1.23. The number of halogens is 4. The van der Waals surface area contributed by atoms with E-state index in [0.29, 0.717) is 32.2 Å². The molecule has 3 rings (SSSR count). The zero-order valence-electron chi connectivity index (χ0n) is 16.1. The van der Waals surface area contributed by atoms with Crippen LogP contribution in [0.4, 0.5) is 11.4 Å². The molecule has 0 unspecified atom stereocenters. The lowest BCUT2D eigenvalue weighted by molar-refractivity contribution is -0.122. The number of carbonyl (C=O) groups is 2. The molecule has 2 N–H and O–H groups in total. The van der Waals surface area contributed by atoms with E-state index in [9.17, 15) is 9.59 Å². The first kappa shape index (κ1) is 23.2. The number of anilines is 2. The van der Waals surface area contributed by atoms with Gasteiger partial charge in [0.1, 0.15) is 5.75 Å². The van der Waals surface area contributed by atoms with Crippen molar-refractivity contribution >= 4 is 69.6 Å². The Hall–Kier alpha value is -2.44. The Kier molecular flexibility index (Phi) is 7.68. The van der Waals surface area contributed by atoms with Crippen LogP contribution in [0.5, 0.6) is 5.75 Å². The van der Waals surface area contributed by atoms with Gasteiger partial charge in [0.2, 0.25) is 0 Å². The summed E-state index contributed by atoms with van der Waals surface area (Å²) in [5.74, 6) is -0.455. The smallest absolute Gasteiger partial charge is 0.265 e. The average Bonchev–Trinajstić information content (AvgIpc) is 2.70. The van der Waals surface area contributed by atoms with Crippen LogP contribution >= 0.6 is 46.4 Å². The molecule has 0 saturated heterocycles. The molecule has 0 bridgehead atoms. The Balaban J connectivity index is 1.65. The molecule has 0 saturated carbocycles. The van der Waals surface area contributed by atoms with Crippen LogP contribution in [0.15, 0.2) is 60.7 Å². The molecule has 160 valence electrons. The van der Waals surface area contributed by atoms with Crippen LogP contribution in [0.3, 0.4) is 0 Å². The largest absolute Gasteiger partial charge is 0.479 e. The highest BCUT2D eigenvalue weighted by Gasteiger charge is 2.17. The molecule has 9 heteroatoms. The van der Waals surface area contributed by atoms with Crippen molar-refractivity contribution in [3.63, 3.8) is 0 Å². The summed E-state index contributed by atoms with van der Waals surface area (Å²) in [5, 5.41) is 6.91. The molecule has 0 aliphatic rings. The van der Waals surface area contributed by atoms with Gasteiger partial charge >= 0.3 is 0 Å². The molecule has 2 amide bonds. The van der Waals surface area contributed by atoms with E-state index in [4.69, 9.17) is 51.1 Å². The maximum Gasteiger partial charge on any atom is 0.265 e. The molecule has 3 aromatic carbocycles. The van der Waals surface area contributed by atoms with Crippen LogP contribution in [0.1, 0.15) is 17.3 Å². The van der Waals surface area contributed by atoms with Crippen molar-refractivity contribution in [2.24, 2.45) is 0 Å². The van der Waals surface area contributed by atoms with Gasteiger partial charge in [-0.05, 0) is 61.5 Å². The average molecular weight is 498 g/mol. The normalized spacial score (nSPS) is 11.5. The summed E-state index contributed by atoms with van der Waals surface area (Å²) in [4.78, 5) is 25.0. The second kappa shape index (κ2) is 10.2. The standard InChI is InChI=1S/C22H16Cl4N2O3/c1-12(31-20-8-6-14(24)10-19(20)26)21(29)27-15-3-2-4-16(11-15)28-22(30)17-7-5-13(23)9-18(17)25/h2-12H,1H3,(H,27,29)(H,28,30)/t12-/m1/s1. The fraction of sp³-hybridized carbons (Fsp3) is 0.0909. The number of hydrogen-bond acceptors (Lipinski definition) is 3. The molecule has 0 radical (unpaired) electrons. The van der Waals surface area contributed by atoms with Gasteiger partial charge in [0.05, 0.1) is 15.6 Å². The van der Waals surface area contributed by atoms with Crippen LogP contribution < -0.4 is 15.4 Å².